The molecule has 1 heterocycles. The number of nitrogens with two attached hydrogens (primary N) is 1. The van der Waals surface area contributed by atoms with Crippen LogP contribution in [-0.4, -0.2) is 26.4 Å². The summed E-state index contributed by atoms with van der Waals surface area (Å²) in [7, 11) is 0. The van der Waals surface area contributed by atoms with E-state index in [2.05, 4.69) is 9.68 Å². The Labute approximate surface area is 94.7 Å². The molecule has 0 spiro atoms. The van der Waals surface area contributed by atoms with E-state index in [1.165, 1.54) is 6.07 Å². The zero-order valence-corrected chi connectivity index (χ0v) is 8.41. The lowest BCUT2D eigenvalue weighted by Crippen LogP contribution is -1.97. The largest absolute Gasteiger partial charge is 0.507 e. The van der Waals surface area contributed by atoms with Crippen LogP contribution in [0, 0.1) is 0 Å². The first-order valence-corrected chi connectivity index (χ1v) is 4.51. The maximum atomic E-state index is 10.8. The first-order chi connectivity index (χ1) is 7.99. The fourth-order valence-electron chi connectivity index (χ4n) is 1.37. The minimum atomic E-state index is -1.32. The van der Waals surface area contributed by atoms with Gasteiger partial charge in [0.25, 0.3) is 0 Å². The number of aromatic nitrogens is 1. The molecule has 7 heteroatoms. The predicted octanol–water partition coefficient (Wildman–Crippen LogP) is 1.03. The summed E-state index contributed by atoms with van der Waals surface area (Å²) in [5, 5.41) is 31.3. The number of nitrogens with zero attached hydrogens (tertiary/aromatic N) is 1. The summed E-state index contributed by atoms with van der Waals surface area (Å²) in [6.45, 7) is 0. The molecular formula is C10H8N2O5. The Kier molecular flexibility index (Phi) is 2.36. The number of hydrogen-bond acceptors (Lipinski definition) is 6. The molecule has 17 heavy (non-hydrogen) atoms. The van der Waals surface area contributed by atoms with E-state index < -0.39 is 11.7 Å². The van der Waals surface area contributed by atoms with E-state index in [1.54, 1.807) is 0 Å². The van der Waals surface area contributed by atoms with Crippen LogP contribution in [0.1, 0.15) is 10.4 Å². The highest BCUT2D eigenvalue weighted by Crippen LogP contribution is 2.34. The van der Waals surface area contributed by atoms with Crippen molar-refractivity contribution in [3.63, 3.8) is 0 Å². The molecule has 0 atom stereocenters. The number of rotatable bonds is 2. The van der Waals surface area contributed by atoms with Crippen molar-refractivity contribution in [1.29, 1.82) is 0 Å². The molecule has 0 radical (unpaired) electrons. The maximum Gasteiger partial charge on any atom is 0.339 e. The van der Waals surface area contributed by atoms with E-state index in [-0.39, 0.29) is 28.5 Å². The molecule has 0 bridgehead atoms. The molecule has 5 N–H and O–H groups in total. The fraction of sp³-hybridized carbons (Fsp3) is 0. The van der Waals surface area contributed by atoms with Crippen LogP contribution < -0.4 is 5.73 Å². The first-order valence-electron chi connectivity index (χ1n) is 4.51. The summed E-state index contributed by atoms with van der Waals surface area (Å²) < 4.78 is 4.61. The quantitative estimate of drug-likeness (QED) is 0.612. The zero-order chi connectivity index (χ0) is 12.6. The Morgan fingerprint density at radius 3 is 2.47 bits per heavy atom. The fourth-order valence-corrected chi connectivity index (χ4v) is 1.37. The Hall–Kier alpha value is -2.70. The van der Waals surface area contributed by atoms with Crippen molar-refractivity contribution >= 4 is 11.9 Å². The average molecular weight is 236 g/mol. The maximum absolute atomic E-state index is 10.8. The highest BCUT2D eigenvalue weighted by Gasteiger charge is 2.17. The molecule has 0 aliphatic carbocycles. The van der Waals surface area contributed by atoms with E-state index in [4.69, 9.17) is 10.8 Å². The van der Waals surface area contributed by atoms with Crippen LogP contribution in [0.2, 0.25) is 0 Å². The number of phenols is 2. The van der Waals surface area contributed by atoms with Gasteiger partial charge in [-0.25, -0.2) is 4.79 Å². The van der Waals surface area contributed by atoms with Crippen molar-refractivity contribution in [2.45, 2.75) is 0 Å². The topological polar surface area (TPSA) is 130 Å². The lowest BCUT2D eigenvalue weighted by atomic mass is 10.1. The lowest BCUT2D eigenvalue weighted by molar-refractivity contribution is 0.0694. The van der Waals surface area contributed by atoms with Gasteiger partial charge in [-0.3, -0.25) is 0 Å². The van der Waals surface area contributed by atoms with Crippen molar-refractivity contribution < 1.29 is 24.6 Å². The summed E-state index contributed by atoms with van der Waals surface area (Å²) in [4.78, 5) is 10.8. The Balaban J connectivity index is 2.62. The third kappa shape index (κ3) is 1.85. The van der Waals surface area contributed by atoms with Crippen molar-refractivity contribution in [1.82, 2.24) is 5.16 Å². The third-order valence-electron chi connectivity index (χ3n) is 2.15. The molecule has 1 aromatic heterocycles. The molecule has 2 aromatic rings. The SMILES string of the molecule is Nc1cc(-c2cc(C(=O)O)c(O)cc2O)no1. The zero-order valence-electron chi connectivity index (χ0n) is 8.41. The standard InChI is InChI=1S/C10H8N2O5/c11-9-2-6(12-17-9)4-1-5(10(15)16)8(14)3-7(4)13/h1-3,13-14H,11H2,(H,15,16). The van der Waals surface area contributed by atoms with Crippen molar-refractivity contribution in [3.05, 3.63) is 23.8 Å². The van der Waals surface area contributed by atoms with Gasteiger partial charge < -0.3 is 25.6 Å². The first kappa shape index (κ1) is 10.8. The second kappa shape index (κ2) is 3.71. The van der Waals surface area contributed by atoms with Gasteiger partial charge in [0.05, 0.1) is 0 Å². The molecular weight excluding hydrogens is 228 g/mol. The summed E-state index contributed by atoms with van der Waals surface area (Å²) in [5.41, 5.74) is 5.26. The number of carbonyl (C=O) groups is 1. The van der Waals surface area contributed by atoms with Crippen LogP contribution in [0.15, 0.2) is 22.7 Å². The summed E-state index contributed by atoms with van der Waals surface area (Å²) >= 11 is 0. The van der Waals surface area contributed by atoms with E-state index in [9.17, 15) is 15.0 Å². The van der Waals surface area contributed by atoms with Crippen molar-refractivity contribution in [2.75, 3.05) is 5.73 Å². The van der Waals surface area contributed by atoms with Crippen LogP contribution >= 0.6 is 0 Å². The normalized spacial score (nSPS) is 10.4. The van der Waals surface area contributed by atoms with Crippen molar-refractivity contribution in [2.24, 2.45) is 0 Å². The van der Waals surface area contributed by atoms with Gasteiger partial charge in [-0.15, -0.1) is 0 Å². The number of aromatic carboxylic acids is 1. The summed E-state index contributed by atoms with van der Waals surface area (Å²) in [6, 6.07) is 3.34. The summed E-state index contributed by atoms with van der Waals surface area (Å²) in [6.07, 6.45) is 0. The van der Waals surface area contributed by atoms with Gasteiger partial charge in [-0.2, -0.15) is 0 Å². The van der Waals surface area contributed by atoms with Crippen LogP contribution in [0.25, 0.3) is 11.3 Å². The predicted molar refractivity (Wildman–Crippen MR) is 56.6 cm³/mol. The van der Waals surface area contributed by atoms with Gasteiger partial charge in [-0.1, -0.05) is 5.16 Å². The summed E-state index contributed by atoms with van der Waals surface area (Å²) in [5.74, 6) is -2.14. The average Bonchev–Trinajstić information content (AvgIpc) is 2.64. The van der Waals surface area contributed by atoms with Crippen LogP contribution in [0.3, 0.4) is 0 Å². The van der Waals surface area contributed by atoms with E-state index in [0.717, 1.165) is 12.1 Å². The highest BCUT2D eigenvalue weighted by atomic mass is 16.5. The smallest absolute Gasteiger partial charge is 0.339 e. The number of hydrogen-bond donors (Lipinski definition) is 4. The van der Waals surface area contributed by atoms with Gasteiger partial charge in [0, 0.05) is 17.7 Å². The van der Waals surface area contributed by atoms with Gasteiger partial charge >= 0.3 is 5.97 Å². The lowest BCUT2D eigenvalue weighted by Gasteiger charge is -2.04. The number of benzene rings is 1. The minimum Gasteiger partial charge on any atom is -0.507 e. The van der Waals surface area contributed by atoms with Crippen LogP contribution in [0.5, 0.6) is 11.5 Å². The highest BCUT2D eigenvalue weighted by molar-refractivity contribution is 5.93. The number of nitrogen functional groups attached to an aromatic ring is 1. The third-order valence-corrected chi connectivity index (χ3v) is 2.15. The number of aromatic hydroxyl groups is 2. The number of carboxylic acids is 1. The monoisotopic (exact) mass is 236 g/mol. The molecule has 1 aromatic carbocycles. The molecule has 88 valence electrons. The number of carboxylic acid groups (broad SMARTS) is 1. The molecule has 0 aliphatic rings. The van der Waals surface area contributed by atoms with E-state index in [1.807, 2.05) is 0 Å². The van der Waals surface area contributed by atoms with Gasteiger partial charge in [0.2, 0.25) is 5.88 Å². The molecule has 0 fully saturated rings. The molecule has 0 aliphatic heterocycles. The Morgan fingerprint density at radius 2 is 1.94 bits per heavy atom. The second-order valence-corrected chi connectivity index (χ2v) is 3.31. The Morgan fingerprint density at radius 1 is 1.24 bits per heavy atom. The van der Waals surface area contributed by atoms with E-state index in [0.29, 0.717) is 0 Å². The molecule has 0 saturated heterocycles. The minimum absolute atomic E-state index is 0.0318. The van der Waals surface area contributed by atoms with Gasteiger partial charge in [0.15, 0.2) is 0 Å². The van der Waals surface area contributed by atoms with Crippen molar-refractivity contribution in [3.8, 4) is 22.8 Å². The molecule has 0 amide bonds. The number of phenolic OH excluding ortho intramolecular Hbond substituents is 1. The molecule has 7 nitrogen and oxygen atoms in total. The number of anilines is 1. The van der Waals surface area contributed by atoms with E-state index >= 15 is 0 Å². The van der Waals surface area contributed by atoms with Crippen LogP contribution in [0.4, 0.5) is 5.88 Å². The van der Waals surface area contributed by atoms with Crippen LogP contribution in [-0.2, 0) is 0 Å². The van der Waals surface area contributed by atoms with Gasteiger partial charge in [0.1, 0.15) is 22.8 Å². The second-order valence-electron chi connectivity index (χ2n) is 3.31. The molecule has 0 saturated carbocycles. The van der Waals surface area contributed by atoms with Gasteiger partial charge in [-0.05, 0) is 6.07 Å². The molecule has 2 rings (SSSR count). The molecule has 0 unspecified atom stereocenters. The Bertz CT molecular complexity index is 590.